The lowest BCUT2D eigenvalue weighted by atomic mass is 10.0. The van der Waals surface area contributed by atoms with Crippen LogP contribution in [0.25, 0.3) is 0 Å². The number of ether oxygens (including phenoxy) is 3. The fraction of sp³-hybridized carbons (Fsp3) is 0.646. The van der Waals surface area contributed by atoms with Crippen molar-refractivity contribution in [2.45, 2.75) is 258 Å². The molecule has 0 amide bonds. The van der Waals surface area contributed by atoms with Gasteiger partial charge in [0, 0.05) is 19.3 Å². The molecule has 6 nitrogen and oxygen atoms in total. The van der Waals surface area contributed by atoms with E-state index in [0.29, 0.717) is 19.3 Å². The molecule has 0 saturated heterocycles. The van der Waals surface area contributed by atoms with Crippen molar-refractivity contribution in [1.82, 2.24) is 0 Å². The Morgan fingerprint density at radius 1 is 0.310 bits per heavy atom. The van der Waals surface area contributed by atoms with Gasteiger partial charge in [-0.05, 0) is 70.6 Å². The van der Waals surface area contributed by atoms with Gasteiger partial charge in [-0.2, -0.15) is 0 Å². The average Bonchev–Trinajstić information content (AvgIpc) is 3.37. The Balaban J connectivity index is 4.50. The minimum absolute atomic E-state index is 0.101. The Morgan fingerprint density at radius 2 is 0.620 bits per heavy atom. The van der Waals surface area contributed by atoms with Gasteiger partial charge in [0.25, 0.3) is 0 Å². The van der Waals surface area contributed by atoms with Crippen LogP contribution >= 0.6 is 0 Å². The molecule has 0 radical (unpaired) electrons. The Kier molecular flexibility index (Phi) is 54.9. The van der Waals surface area contributed by atoms with E-state index in [4.69, 9.17) is 14.2 Å². The molecule has 402 valence electrons. The first-order chi connectivity index (χ1) is 35.0. The molecule has 1 unspecified atom stereocenters. The van der Waals surface area contributed by atoms with Crippen molar-refractivity contribution in [3.8, 4) is 0 Å². The number of carbonyl (C=O) groups excluding carboxylic acids is 3. The van der Waals surface area contributed by atoms with Gasteiger partial charge >= 0.3 is 17.9 Å². The Morgan fingerprint density at radius 3 is 1.04 bits per heavy atom. The van der Waals surface area contributed by atoms with Crippen LogP contribution in [0.4, 0.5) is 0 Å². The molecule has 1 atom stereocenters. The van der Waals surface area contributed by atoms with Crippen LogP contribution in [0.2, 0.25) is 0 Å². The number of unbranched alkanes of at least 4 members (excludes halogenated alkanes) is 26. The fourth-order valence-electron chi connectivity index (χ4n) is 7.85. The van der Waals surface area contributed by atoms with Gasteiger partial charge in [0.05, 0.1) is 0 Å². The van der Waals surface area contributed by atoms with E-state index in [9.17, 15) is 14.4 Å². The van der Waals surface area contributed by atoms with Crippen LogP contribution in [-0.4, -0.2) is 37.2 Å². The minimum atomic E-state index is -0.805. The number of carbonyl (C=O) groups is 3. The van der Waals surface area contributed by atoms with Gasteiger partial charge in [-0.1, -0.05) is 284 Å². The second kappa shape index (κ2) is 58.4. The second-order valence-corrected chi connectivity index (χ2v) is 19.0. The molecule has 0 heterocycles. The zero-order valence-electron chi connectivity index (χ0n) is 45.9. The average molecular weight is 984 g/mol. The molecule has 0 aromatic heterocycles. The normalized spacial score (nSPS) is 13.0. The predicted molar refractivity (Wildman–Crippen MR) is 306 cm³/mol. The monoisotopic (exact) mass is 983 g/mol. The summed E-state index contributed by atoms with van der Waals surface area (Å²) < 4.78 is 16.8. The summed E-state index contributed by atoms with van der Waals surface area (Å²) in [5.41, 5.74) is 0. The van der Waals surface area contributed by atoms with E-state index in [-0.39, 0.29) is 31.1 Å². The summed E-state index contributed by atoms with van der Waals surface area (Å²) in [6.07, 6.45) is 80.4. The molecule has 0 aromatic carbocycles. The highest BCUT2D eigenvalue weighted by molar-refractivity contribution is 5.71. The topological polar surface area (TPSA) is 78.9 Å². The lowest BCUT2D eigenvalue weighted by Gasteiger charge is -2.18. The molecule has 0 aliphatic heterocycles. The molecule has 0 aliphatic carbocycles. The molecule has 71 heavy (non-hydrogen) atoms. The van der Waals surface area contributed by atoms with Crippen molar-refractivity contribution in [3.63, 3.8) is 0 Å². The van der Waals surface area contributed by atoms with Crippen LogP contribution in [0.5, 0.6) is 0 Å². The Hall–Kier alpha value is -4.19. The summed E-state index contributed by atoms with van der Waals surface area (Å²) in [6, 6.07) is 0. The van der Waals surface area contributed by atoms with Crippen LogP contribution in [0.15, 0.2) is 122 Å². The first-order valence-electron chi connectivity index (χ1n) is 29.1. The minimum Gasteiger partial charge on any atom is -0.462 e. The van der Waals surface area contributed by atoms with Crippen LogP contribution in [-0.2, 0) is 28.6 Å². The van der Waals surface area contributed by atoms with Gasteiger partial charge in [-0.3, -0.25) is 14.4 Å². The summed E-state index contributed by atoms with van der Waals surface area (Å²) in [5, 5.41) is 0. The number of hydrogen-bond acceptors (Lipinski definition) is 6. The summed E-state index contributed by atoms with van der Waals surface area (Å²) in [6.45, 7) is 6.34. The molecule has 0 bridgehead atoms. The smallest absolute Gasteiger partial charge is 0.306 e. The maximum Gasteiger partial charge on any atom is 0.306 e. The van der Waals surface area contributed by atoms with E-state index in [1.807, 2.05) is 72.9 Å². The SMILES string of the molecule is CC\C=C/C=C\C=C/C=C\C=C\C=C/C=C\CCCCCC(=O)OCC(COC(=O)CCCCCCCC/C=C\C/C=C\C/C=C\CC)OC(=O)CCCCCCCCCCCCCCCCCCCC. The Bertz CT molecular complexity index is 1500. The standard InChI is InChI=1S/C65H106O6/c1-4-7-10-13-16-19-22-25-28-31-33-35-37-40-43-46-49-52-55-58-64(67)70-61-62(60-69-63(66)57-54-51-48-45-42-39-36-30-27-24-21-18-15-12-9-6-3)71-65(68)59-56-53-50-47-44-41-38-34-32-29-26-23-20-17-14-11-8-5-2/h7,9-10,12-13,16,18-19,21-22,25,27-28,30-31,33,35,37,40,43,62H,4-6,8,11,14-15,17,20,23-24,26,29,32,34,36,38-39,41-42,44-61H2,1-3H3/b10-7-,12-9-,16-13-,21-18-,22-19-,28-25-,30-27-,33-31+,37-35-,43-40-. The van der Waals surface area contributed by atoms with E-state index < -0.39 is 6.10 Å². The highest BCUT2D eigenvalue weighted by atomic mass is 16.6. The summed E-state index contributed by atoms with van der Waals surface area (Å²) >= 11 is 0. The predicted octanol–water partition coefficient (Wildman–Crippen LogP) is 19.6. The number of hydrogen-bond donors (Lipinski definition) is 0. The highest BCUT2D eigenvalue weighted by Gasteiger charge is 2.19. The molecule has 0 N–H and O–H groups in total. The lowest BCUT2D eigenvalue weighted by molar-refractivity contribution is -0.167. The van der Waals surface area contributed by atoms with E-state index >= 15 is 0 Å². The maximum absolute atomic E-state index is 12.9. The third kappa shape index (κ3) is 56.6. The molecule has 0 rings (SSSR count). The van der Waals surface area contributed by atoms with Crippen molar-refractivity contribution in [2.75, 3.05) is 13.2 Å². The molecule has 0 spiro atoms. The van der Waals surface area contributed by atoms with E-state index in [1.54, 1.807) is 0 Å². The van der Waals surface area contributed by atoms with Gasteiger partial charge in [0.15, 0.2) is 6.10 Å². The lowest BCUT2D eigenvalue weighted by Crippen LogP contribution is -2.30. The van der Waals surface area contributed by atoms with Crippen molar-refractivity contribution in [2.24, 2.45) is 0 Å². The van der Waals surface area contributed by atoms with Crippen LogP contribution in [0.1, 0.15) is 252 Å². The first-order valence-corrected chi connectivity index (χ1v) is 29.1. The summed E-state index contributed by atoms with van der Waals surface area (Å²) in [4.78, 5) is 38.2. The maximum atomic E-state index is 12.9. The quantitative estimate of drug-likeness (QED) is 0.0199. The van der Waals surface area contributed by atoms with Crippen molar-refractivity contribution in [3.05, 3.63) is 122 Å². The zero-order valence-corrected chi connectivity index (χ0v) is 45.9. The molecular weight excluding hydrogens is 877 g/mol. The molecular formula is C65H106O6. The van der Waals surface area contributed by atoms with Gasteiger partial charge in [0.1, 0.15) is 13.2 Å². The number of esters is 3. The van der Waals surface area contributed by atoms with Crippen molar-refractivity contribution in [1.29, 1.82) is 0 Å². The second-order valence-electron chi connectivity index (χ2n) is 19.0. The molecule has 6 heteroatoms. The molecule has 0 aliphatic rings. The number of rotatable bonds is 51. The molecule has 0 saturated carbocycles. The summed E-state index contributed by atoms with van der Waals surface area (Å²) in [5.74, 6) is -0.956. The van der Waals surface area contributed by atoms with Crippen LogP contribution in [0, 0.1) is 0 Å². The molecule has 0 fully saturated rings. The van der Waals surface area contributed by atoms with Crippen molar-refractivity contribution < 1.29 is 28.6 Å². The van der Waals surface area contributed by atoms with Gasteiger partial charge in [0.2, 0.25) is 0 Å². The first kappa shape index (κ1) is 66.8. The Labute approximate surface area is 437 Å². The number of allylic oxidation sites excluding steroid dienone is 20. The third-order valence-corrected chi connectivity index (χ3v) is 12.2. The summed E-state index contributed by atoms with van der Waals surface area (Å²) in [7, 11) is 0. The van der Waals surface area contributed by atoms with Crippen LogP contribution in [0.3, 0.4) is 0 Å². The van der Waals surface area contributed by atoms with E-state index in [1.165, 1.54) is 109 Å². The third-order valence-electron chi connectivity index (χ3n) is 12.2. The van der Waals surface area contributed by atoms with Gasteiger partial charge in [-0.25, -0.2) is 0 Å². The molecule has 0 aromatic rings. The van der Waals surface area contributed by atoms with Crippen LogP contribution < -0.4 is 0 Å². The largest absolute Gasteiger partial charge is 0.462 e. The van der Waals surface area contributed by atoms with E-state index in [0.717, 1.165) is 103 Å². The fourth-order valence-corrected chi connectivity index (χ4v) is 7.85. The van der Waals surface area contributed by atoms with Gasteiger partial charge < -0.3 is 14.2 Å². The highest BCUT2D eigenvalue weighted by Crippen LogP contribution is 2.16. The van der Waals surface area contributed by atoms with Gasteiger partial charge in [-0.15, -0.1) is 0 Å². The van der Waals surface area contributed by atoms with E-state index in [2.05, 4.69) is 69.4 Å². The zero-order chi connectivity index (χ0) is 51.4. The van der Waals surface area contributed by atoms with Crippen molar-refractivity contribution >= 4 is 17.9 Å².